The number of carboxylic acids is 1. The molecule has 2 aliphatic heterocycles. The van der Waals surface area contributed by atoms with Crippen LogP contribution >= 0.6 is 0 Å². The highest BCUT2D eigenvalue weighted by molar-refractivity contribution is 5.88. The molecular formula is C36H48N4O4. The summed E-state index contributed by atoms with van der Waals surface area (Å²) < 4.78 is 11.7. The highest BCUT2D eigenvalue weighted by atomic mass is 16.5. The SMILES string of the molecule is COc1ncccc1CN1CCc2cc(-c3c(C)nc(C)c([C@H](OC(C)(C)C)C(=O)O)c3N3CCC(C)(C)CC3)ccc2C1. The summed E-state index contributed by atoms with van der Waals surface area (Å²) in [7, 11) is 1.67. The van der Waals surface area contributed by atoms with E-state index >= 15 is 0 Å². The molecule has 236 valence electrons. The van der Waals surface area contributed by atoms with E-state index in [9.17, 15) is 9.90 Å². The molecule has 1 N–H and O–H groups in total. The monoisotopic (exact) mass is 600 g/mol. The average Bonchev–Trinajstić information content (AvgIpc) is 2.95. The Bertz CT molecular complexity index is 1520. The summed E-state index contributed by atoms with van der Waals surface area (Å²) in [5.74, 6) is -0.315. The van der Waals surface area contributed by atoms with Gasteiger partial charge in [0.2, 0.25) is 5.88 Å². The molecule has 1 fully saturated rings. The third-order valence-corrected chi connectivity index (χ3v) is 8.99. The number of rotatable bonds is 8. The molecule has 44 heavy (non-hydrogen) atoms. The van der Waals surface area contributed by atoms with Crippen LogP contribution in [0.25, 0.3) is 11.1 Å². The summed E-state index contributed by atoms with van der Waals surface area (Å²) >= 11 is 0. The van der Waals surface area contributed by atoms with Gasteiger partial charge in [0.15, 0.2) is 6.10 Å². The quantitative estimate of drug-likeness (QED) is 0.299. The Morgan fingerprint density at radius 3 is 2.45 bits per heavy atom. The zero-order valence-corrected chi connectivity index (χ0v) is 27.7. The lowest BCUT2D eigenvalue weighted by molar-refractivity contribution is -0.160. The molecule has 0 aliphatic carbocycles. The van der Waals surface area contributed by atoms with Gasteiger partial charge in [-0.25, -0.2) is 9.78 Å². The van der Waals surface area contributed by atoms with E-state index in [0.717, 1.165) is 80.1 Å². The van der Waals surface area contributed by atoms with Crippen LogP contribution in [0.5, 0.6) is 5.88 Å². The van der Waals surface area contributed by atoms with Crippen LogP contribution in [0, 0.1) is 19.3 Å². The molecule has 5 rings (SSSR count). The Kier molecular flexibility index (Phi) is 9.06. The van der Waals surface area contributed by atoms with Crippen LogP contribution in [0.15, 0.2) is 36.5 Å². The number of aromatic nitrogens is 2. The molecule has 1 aromatic carbocycles. The molecular weight excluding hydrogens is 552 g/mol. The Labute approximate surface area is 262 Å². The van der Waals surface area contributed by atoms with Gasteiger partial charge in [0.25, 0.3) is 0 Å². The van der Waals surface area contributed by atoms with E-state index in [-0.39, 0.29) is 5.41 Å². The van der Waals surface area contributed by atoms with Crippen LogP contribution in [-0.4, -0.2) is 58.3 Å². The van der Waals surface area contributed by atoms with Crippen molar-refractivity contribution in [2.75, 3.05) is 31.6 Å². The summed E-state index contributed by atoms with van der Waals surface area (Å²) in [6, 6.07) is 10.8. The van der Waals surface area contributed by atoms with Crippen molar-refractivity contribution in [2.45, 2.75) is 92.5 Å². The molecule has 0 spiro atoms. The number of aliphatic carboxylic acids is 1. The van der Waals surface area contributed by atoms with Gasteiger partial charge in [-0.05, 0) is 82.1 Å². The van der Waals surface area contributed by atoms with Gasteiger partial charge in [-0.1, -0.05) is 38.1 Å². The van der Waals surface area contributed by atoms with E-state index in [1.165, 1.54) is 11.1 Å². The van der Waals surface area contributed by atoms with Gasteiger partial charge < -0.3 is 19.5 Å². The number of fused-ring (bicyclic) bond motifs is 1. The highest BCUT2D eigenvalue weighted by Gasteiger charge is 2.36. The fourth-order valence-corrected chi connectivity index (χ4v) is 6.63. The van der Waals surface area contributed by atoms with Crippen molar-refractivity contribution in [1.82, 2.24) is 14.9 Å². The predicted molar refractivity (Wildman–Crippen MR) is 174 cm³/mol. The summed E-state index contributed by atoms with van der Waals surface area (Å²) in [6.07, 6.45) is 3.63. The topological polar surface area (TPSA) is 88.0 Å². The molecule has 0 radical (unpaired) electrons. The lowest BCUT2D eigenvalue weighted by Crippen LogP contribution is -2.39. The molecule has 0 bridgehead atoms. The molecule has 0 saturated carbocycles. The fourth-order valence-electron chi connectivity index (χ4n) is 6.63. The van der Waals surface area contributed by atoms with Gasteiger partial charge in [-0.3, -0.25) is 9.88 Å². The number of ether oxygens (including phenoxy) is 2. The first-order valence-electron chi connectivity index (χ1n) is 15.8. The minimum atomic E-state index is -1.12. The van der Waals surface area contributed by atoms with Gasteiger partial charge in [-0.2, -0.15) is 0 Å². The van der Waals surface area contributed by atoms with Crippen LogP contribution in [-0.2, 0) is 29.0 Å². The number of pyridine rings is 2. The molecule has 1 atom stereocenters. The number of carbonyl (C=O) groups is 1. The highest BCUT2D eigenvalue weighted by Crippen LogP contribution is 2.45. The minimum Gasteiger partial charge on any atom is -0.481 e. The maximum absolute atomic E-state index is 12.8. The molecule has 0 unspecified atom stereocenters. The molecule has 3 aromatic rings. The number of hydrogen-bond donors (Lipinski definition) is 1. The predicted octanol–water partition coefficient (Wildman–Crippen LogP) is 6.89. The van der Waals surface area contributed by atoms with Gasteiger partial charge in [0.05, 0.1) is 18.4 Å². The second-order valence-electron chi connectivity index (χ2n) is 14.1. The molecule has 2 aliphatic rings. The second-order valence-corrected chi connectivity index (χ2v) is 14.1. The fraction of sp³-hybridized carbons (Fsp3) is 0.528. The first-order chi connectivity index (χ1) is 20.8. The van der Waals surface area contributed by atoms with Crippen LogP contribution in [0.1, 0.15) is 87.2 Å². The third-order valence-electron chi connectivity index (χ3n) is 8.99. The average molecular weight is 601 g/mol. The number of benzene rings is 1. The van der Waals surface area contributed by atoms with E-state index in [4.69, 9.17) is 14.5 Å². The Morgan fingerprint density at radius 1 is 1.07 bits per heavy atom. The van der Waals surface area contributed by atoms with Crippen molar-refractivity contribution < 1.29 is 19.4 Å². The van der Waals surface area contributed by atoms with Crippen molar-refractivity contribution in [3.05, 3.63) is 70.2 Å². The lowest BCUT2D eigenvalue weighted by atomic mass is 9.81. The lowest BCUT2D eigenvalue weighted by Gasteiger charge is -2.41. The number of nitrogens with zero attached hydrogens (tertiary/aromatic N) is 4. The van der Waals surface area contributed by atoms with Crippen LogP contribution in [0.2, 0.25) is 0 Å². The Hall–Kier alpha value is -3.49. The Balaban J connectivity index is 1.56. The van der Waals surface area contributed by atoms with Crippen LogP contribution in [0.4, 0.5) is 5.69 Å². The van der Waals surface area contributed by atoms with Crippen molar-refractivity contribution in [3.8, 4) is 17.0 Å². The number of methoxy groups -OCH3 is 1. The third kappa shape index (κ3) is 6.92. The Morgan fingerprint density at radius 2 is 1.80 bits per heavy atom. The largest absolute Gasteiger partial charge is 0.481 e. The van der Waals surface area contributed by atoms with Crippen LogP contribution < -0.4 is 9.64 Å². The summed E-state index contributed by atoms with van der Waals surface area (Å²) in [5.41, 5.74) is 8.67. The van der Waals surface area contributed by atoms with Crippen molar-refractivity contribution in [2.24, 2.45) is 5.41 Å². The first kappa shape index (κ1) is 31.9. The number of aryl methyl sites for hydroxylation is 2. The zero-order valence-electron chi connectivity index (χ0n) is 27.7. The minimum absolute atomic E-state index is 0.250. The standard InChI is InChI=1S/C36H48N4O4/c1-23-29(26-11-12-27-21-39(17-13-25(27)20-26)22-28-10-9-16-37-33(28)43-8)31(40-18-14-36(6,7)15-19-40)30(24(2)38-23)32(34(41)42)44-35(3,4)5/h9-12,16,20,32H,13-15,17-19,21-22H2,1-8H3,(H,41,42)/t32-/m0/s1. The summed E-state index contributed by atoms with van der Waals surface area (Å²) in [5, 5.41) is 10.5. The normalized spacial score (nSPS) is 17.7. The van der Waals surface area contributed by atoms with Crippen molar-refractivity contribution >= 4 is 11.7 Å². The maximum atomic E-state index is 12.8. The molecule has 2 aromatic heterocycles. The smallest absolute Gasteiger partial charge is 0.337 e. The molecule has 8 nitrogen and oxygen atoms in total. The van der Waals surface area contributed by atoms with Crippen LogP contribution in [0.3, 0.4) is 0 Å². The van der Waals surface area contributed by atoms with Gasteiger partial charge in [0, 0.05) is 67.0 Å². The van der Waals surface area contributed by atoms with Crippen molar-refractivity contribution in [1.29, 1.82) is 0 Å². The second kappa shape index (κ2) is 12.5. The van der Waals surface area contributed by atoms with E-state index in [0.29, 0.717) is 17.1 Å². The summed E-state index contributed by atoms with van der Waals surface area (Å²) in [4.78, 5) is 27.0. The van der Waals surface area contributed by atoms with Crippen molar-refractivity contribution in [3.63, 3.8) is 0 Å². The molecule has 1 saturated heterocycles. The number of anilines is 1. The number of carboxylic acid groups (broad SMARTS) is 1. The van der Waals surface area contributed by atoms with E-state index in [1.54, 1.807) is 13.3 Å². The van der Waals surface area contributed by atoms with E-state index in [1.807, 2.05) is 40.7 Å². The van der Waals surface area contributed by atoms with E-state index < -0.39 is 17.7 Å². The number of piperidine rings is 1. The molecule has 8 heteroatoms. The first-order valence-corrected chi connectivity index (χ1v) is 15.8. The zero-order chi connectivity index (χ0) is 31.8. The van der Waals surface area contributed by atoms with Gasteiger partial charge in [-0.15, -0.1) is 0 Å². The van der Waals surface area contributed by atoms with Gasteiger partial charge >= 0.3 is 5.97 Å². The maximum Gasteiger partial charge on any atom is 0.337 e. The van der Waals surface area contributed by atoms with E-state index in [2.05, 4.69) is 52.9 Å². The summed E-state index contributed by atoms with van der Waals surface area (Å²) in [6.45, 7) is 18.6. The molecule has 0 amide bonds. The number of hydrogen-bond acceptors (Lipinski definition) is 7. The van der Waals surface area contributed by atoms with Gasteiger partial charge in [0.1, 0.15) is 0 Å². The molecule has 4 heterocycles.